The number of carbonyl (C=O) groups excluding carboxylic acids is 1. The van der Waals surface area contributed by atoms with Crippen LogP contribution in [0.25, 0.3) is 0 Å². The lowest BCUT2D eigenvalue weighted by molar-refractivity contribution is -0.526. The Morgan fingerprint density at radius 1 is 0.697 bits per heavy atom. The third-order valence-electron chi connectivity index (χ3n) is 10.9. The number of Topliss-reactive ketones (excluding diaryl/α,β-unsaturated/α-hetero) is 1. The molecule has 5 saturated carbocycles. The smallest absolute Gasteiger partial charge is 0.213 e. The van der Waals surface area contributed by atoms with E-state index < -0.39 is 6.04 Å². The topological polar surface area (TPSA) is 60.2 Å². The molecule has 8 atom stereocenters. The van der Waals surface area contributed by atoms with Crippen LogP contribution >= 0.6 is 11.6 Å². The second-order valence-corrected chi connectivity index (χ2v) is 13.0. The summed E-state index contributed by atoms with van der Waals surface area (Å²) < 4.78 is 0. The van der Waals surface area contributed by atoms with Crippen molar-refractivity contribution in [2.45, 2.75) is 121 Å². The van der Waals surface area contributed by atoms with Gasteiger partial charge in [0, 0.05) is 35.0 Å². The summed E-state index contributed by atoms with van der Waals surface area (Å²) in [6, 6.07) is -0.426. The lowest BCUT2D eigenvalue weighted by Gasteiger charge is -2.48. The summed E-state index contributed by atoms with van der Waals surface area (Å²) in [7, 11) is 0. The number of carbonyl (C=O) groups is 1. The van der Waals surface area contributed by atoms with Crippen LogP contribution < -0.4 is 0 Å². The molecular weight excluding hydrogens is 434 g/mol. The first-order valence-electron chi connectivity index (χ1n) is 14.4. The van der Waals surface area contributed by atoms with Gasteiger partial charge in [-0.2, -0.15) is 0 Å². The van der Waals surface area contributed by atoms with Crippen molar-refractivity contribution in [2.75, 3.05) is 0 Å². The van der Waals surface area contributed by atoms with Gasteiger partial charge >= 0.3 is 0 Å². The largest absolute Gasteiger partial charge is 0.299 e. The minimum atomic E-state index is -0.426. The van der Waals surface area contributed by atoms with Gasteiger partial charge in [0.25, 0.3) is 0 Å². The summed E-state index contributed by atoms with van der Waals surface area (Å²) >= 11 is 7.07. The number of nitrogens with zero attached hydrogens (tertiary/aromatic N) is 1. The van der Waals surface area contributed by atoms with Crippen molar-refractivity contribution in [3.05, 3.63) is 10.1 Å². The molecule has 0 aliphatic heterocycles. The molecule has 5 aliphatic rings. The number of fused-ring (bicyclic) bond motifs is 2. The van der Waals surface area contributed by atoms with Crippen LogP contribution in [-0.2, 0) is 4.79 Å². The van der Waals surface area contributed by atoms with Gasteiger partial charge in [0.15, 0.2) is 0 Å². The number of halogens is 1. The second kappa shape index (κ2) is 10.5. The molecule has 5 aliphatic carbocycles. The Bertz CT molecular complexity index is 705. The fourth-order valence-corrected chi connectivity index (χ4v) is 9.85. The SMILES string of the molecule is O=C(C1CCC([N+](=O)[O-])CC1)C1CC2CCCCC2C(C2CCCCC2Cl)C2CCCCC12. The van der Waals surface area contributed by atoms with Crippen LogP contribution in [0.3, 0.4) is 0 Å². The number of ketones is 1. The maximum absolute atomic E-state index is 14.1. The lowest BCUT2D eigenvalue weighted by atomic mass is 9.58. The van der Waals surface area contributed by atoms with Crippen LogP contribution in [-0.4, -0.2) is 22.1 Å². The summed E-state index contributed by atoms with van der Waals surface area (Å²) in [5.74, 6) is 4.86. The number of nitro groups is 1. The van der Waals surface area contributed by atoms with Crippen LogP contribution in [0.5, 0.6) is 0 Å². The van der Waals surface area contributed by atoms with Crippen molar-refractivity contribution in [3.63, 3.8) is 0 Å². The van der Waals surface area contributed by atoms with E-state index in [-0.39, 0.29) is 16.8 Å². The monoisotopic (exact) mass is 477 g/mol. The quantitative estimate of drug-likeness (QED) is 0.240. The zero-order valence-electron chi connectivity index (χ0n) is 20.3. The van der Waals surface area contributed by atoms with Crippen LogP contribution in [0.4, 0.5) is 0 Å². The molecular formula is C28H44ClNO3. The van der Waals surface area contributed by atoms with Crippen molar-refractivity contribution < 1.29 is 9.72 Å². The lowest BCUT2D eigenvalue weighted by Crippen LogP contribution is -2.43. The standard InChI is InChI=1S/C28H44ClNO3/c29-26-12-6-5-11-24(26)27-21-8-2-1-7-19(21)17-25(22-9-3-4-10-23(22)27)28(31)18-13-15-20(16-14-18)30(32)33/h18-27H,1-17H2. The van der Waals surface area contributed by atoms with Crippen LogP contribution in [0.15, 0.2) is 0 Å². The zero-order valence-corrected chi connectivity index (χ0v) is 21.1. The first-order valence-corrected chi connectivity index (χ1v) is 14.8. The van der Waals surface area contributed by atoms with Gasteiger partial charge in [0.05, 0.1) is 0 Å². The van der Waals surface area contributed by atoms with Crippen molar-refractivity contribution in [1.82, 2.24) is 0 Å². The van der Waals surface area contributed by atoms with E-state index in [1.165, 1.54) is 77.0 Å². The molecule has 0 aromatic heterocycles. The first-order chi connectivity index (χ1) is 16.0. The average Bonchev–Trinajstić information content (AvgIpc) is 2.99. The van der Waals surface area contributed by atoms with Gasteiger partial charge in [-0.1, -0.05) is 44.9 Å². The molecule has 0 N–H and O–H groups in total. The van der Waals surface area contributed by atoms with E-state index >= 15 is 0 Å². The van der Waals surface area contributed by atoms with Crippen LogP contribution in [0.2, 0.25) is 0 Å². The highest BCUT2D eigenvalue weighted by atomic mass is 35.5. The number of rotatable bonds is 4. The highest BCUT2D eigenvalue weighted by molar-refractivity contribution is 6.20. The maximum Gasteiger partial charge on any atom is 0.213 e. The minimum Gasteiger partial charge on any atom is -0.299 e. The highest BCUT2D eigenvalue weighted by Gasteiger charge is 2.52. The van der Waals surface area contributed by atoms with Gasteiger partial charge in [-0.15, -0.1) is 11.6 Å². The van der Waals surface area contributed by atoms with E-state index in [0.717, 1.165) is 31.1 Å². The van der Waals surface area contributed by atoms with Crippen molar-refractivity contribution in [2.24, 2.45) is 47.3 Å². The van der Waals surface area contributed by atoms with Crippen LogP contribution in [0, 0.1) is 57.5 Å². The van der Waals surface area contributed by atoms with Crippen molar-refractivity contribution in [3.8, 4) is 0 Å². The Morgan fingerprint density at radius 2 is 1.27 bits per heavy atom. The summed E-state index contributed by atoms with van der Waals surface area (Å²) in [6.07, 6.45) is 19.3. The Labute approximate surface area is 205 Å². The molecule has 0 amide bonds. The van der Waals surface area contributed by atoms with Gasteiger partial charge in [-0.25, -0.2) is 0 Å². The zero-order chi connectivity index (χ0) is 22.9. The molecule has 0 heterocycles. The molecule has 0 aromatic carbocycles. The van der Waals surface area contributed by atoms with Gasteiger partial charge < -0.3 is 0 Å². The van der Waals surface area contributed by atoms with E-state index in [9.17, 15) is 14.9 Å². The van der Waals surface area contributed by atoms with E-state index in [0.29, 0.717) is 47.7 Å². The minimum absolute atomic E-state index is 0.0721. The molecule has 5 heteroatoms. The predicted molar refractivity (Wildman–Crippen MR) is 132 cm³/mol. The molecule has 186 valence electrons. The summed E-state index contributed by atoms with van der Waals surface area (Å²) in [5, 5.41) is 11.6. The van der Waals surface area contributed by atoms with Crippen LogP contribution in [0.1, 0.15) is 109 Å². The van der Waals surface area contributed by atoms with Gasteiger partial charge in [0.2, 0.25) is 6.04 Å². The van der Waals surface area contributed by atoms with E-state index in [1.807, 2.05) is 0 Å². The summed E-state index contributed by atoms with van der Waals surface area (Å²) in [5.41, 5.74) is 0. The third-order valence-corrected chi connectivity index (χ3v) is 11.4. The molecule has 0 bridgehead atoms. The number of alkyl halides is 1. The predicted octanol–water partition coefficient (Wildman–Crippen LogP) is 7.44. The fraction of sp³-hybridized carbons (Fsp3) is 0.964. The normalized spacial score (nSPS) is 46.5. The molecule has 33 heavy (non-hydrogen) atoms. The van der Waals surface area contributed by atoms with Gasteiger partial charge in [0.1, 0.15) is 5.78 Å². The summed E-state index contributed by atoms with van der Waals surface area (Å²) in [6.45, 7) is 0. The molecule has 0 radical (unpaired) electrons. The Kier molecular flexibility index (Phi) is 7.69. The summed E-state index contributed by atoms with van der Waals surface area (Å²) in [4.78, 5) is 25.2. The number of hydrogen-bond acceptors (Lipinski definition) is 3. The van der Waals surface area contributed by atoms with E-state index in [2.05, 4.69) is 0 Å². The highest BCUT2D eigenvalue weighted by Crippen LogP contribution is 2.57. The molecule has 5 rings (SSSR count). The second-order valence-electron chi connectivity index (χ2n) is 12.4. The molecule has 0 saturated heterocycles. The molecule has 0 spiro atoms. The molecule has 8 unspecified atom stereocenters. The van der Waals surface area contributed by atoms with Crippen molar-refractivity contribution in [1.29, 1.82) is 0 Å². The molecule has 0 aromatic rings. The van der Waals surface area contributed by atoms with Crippen molar-refractivity contribution >= 4 is 17.4 Å². The Morgan fingerprint density at radius 3 is 1.94 bits per heavy atom. The van der Waals surface area contributed by atoms with E-state index in [4.69, 9.17) is 11.6 Å². The third kappa shape index (κ3) is 4.89. The van der Waals surface area contributed by atoms with E-state index in [1.54, 1.807) is 0 Å². The van der Waals surface area contributed by atoms with Gasteiger partial charge in [-0.3, -0.25) is 14.9 Å². The molecule has 5 fully saturated rings. The average molecular weight is 478 g/mol. The number of hydrogen-bond donors (Lipinski definition) is 0. The maximum atomic E-state index is 14.1. The fourth-order valence-electron chi connectivity index (χ4n) is 9.40. The Balaban J connectivity index is 1.42. The Hall–Kier alpha value is -0.640. The molecule has 4 nitrogen and oxygen atoms in total. The first kappa shape index (κ1) is 24.1. The van der Waals surface area contributed by atoms with Gasteiger partial charge in [-0.05, 0) is 86.9 Å².